The fourth-order valence-corrected chi connectivity index (χ4v) is 2.70. The van der Waals surface area contributed by atoms with Crippen molar-refractivity contribution >= 4 is 23.3 Å². The van der Waals surface area contributed by atoms with Gasteiger partial charge in [0.2, 0.25) is 5.89 Å². The molecule has 0 radical (unpaired) electrons. The first-order valence-corrected chi connectivity index (χ1v) is 8.80. The predicted molar refractivity (Wildman–Crippen MR) is 101 cm³/mol. The zero-order valence-corrected chi connectivity index (χ0v) is 16.0. The van der Waals surface area contributed by atoms with E-state index in [4.69, 9.17) is 9.15 Å². The van der Waals surface area contributed by atoms with E-state index in [-0.39, 0.29) is 42.3 Å². The number of amides is 2. The van der Waals surface area contributed by atoms with E-state index in [2.05, 4.69) is 10.3 Å². The van der Waals surface area contributed by atoms with Gasteiger partial charge >= 0.3 is 0 Å². The van der Waals surface area contributed by atoms with Crippen LogP contribution in [0, 0.1) is 0 Å². The second-order valence-electron chi connectivity index (χ2n) is 6.69. The topological polar surface area (TPSA) is 105 Å². The van der Waals surface area contributed by atoms with Gasteiger partial charge in [0.15, 0.2) is 18.1 Å². The molecule has 1 aliphatic rings. The van der Waals surface area contributed by atoms with Gasteiger partial charge in [0, 0.05) is 18.7 Å². The Hall–Kier alpha value is -3.20. The summed E-state index contributed by atoms with van der Waals surface area (Å²) in [6, 6.07) is 4.91. The largest absolute Gasteiger partial charge is 0.482 e. The number of oxazole rings is 1. The lowest BCUT2D eigenvalue weighted by molar-refractivity contribution is -0.121. The average molecular weight is 386 g/mol. The second kappa shape index (κ2) is 8.22. The fraction of sp³-hybridized carbons (Fsp3) is 0.368. The zero-order chi connectivity index (χ0) is 20.3. The molecule has 2 heterocycles. The number of anilines is 1. The smallest absolute Gasteiger partial charge is 0.273 e. The minimum atomic E-state index is -0.343. The number of carbonyl (C=O) groups is 3. The maximum atomic E-state index is 12.4. The molecule has 0 saturated carbocycles. The summed E-state index contributed by atoms with van der Waals surface area (Å²) >= 11 is 0. The van der Waals surface area contributed by atoms with Gasteiger partial charge in [-0.15, -0.1) is 0 Å². The van der Waals surface area contributed by atoms with Gasteiger partial charge in [0.1, 0.15) is 18.6 Å². The van der Waals surface area contributed by atoms with Crippen LogP contribution in [0.4, 0.5) is 5.69 Å². The minimum Gasteiger partial charge on any atom is -0.482 e. The number of aromatic nitrogens is 1. The summed E-state index contributed by atoms with van der Waals surface area (Å²) < 4.78 is 10.8. The van der Waals surface area contributed by atoms with Crippen molar-refractivity contribution in [2.75, 3.05) is 38.7 Å². The molecule has 2 amide bonds. The molecule has 0 unspecified atom stereocenters. The number of benzene rings is 1. The van der Waals surface area contributed by atoms with E-state index in [0.717, 1.165) is 0 Å². The monoisotopic (exact) mass is 386 g/mol. The molecule has 1 aromatic carbocycles. The summed E-state index contributed by atoms with van der Waals surface area (Å²) in [7, 11) is 3.82. The number of ketones is 1. The quantitative estimate of drug-likeness (QED) is 0.710. The predicted octanol–water partition coefficient (Wildman–Crippen LogP) is 1.09. The van der Waals surface area contributed by atoms with Crippen LogP contribution in [0.5, 0.6) is 5.75 Å². The third kappa shape index (κ3) is 4.37. The van der Waals surface area contributed by atoms with Crippen LogP contribution in [0.2, 0.25) is 0 Å². The minimum absolute atomic E-state index is 0.0293. The van der Waals surface area contributed by atoms with Crippen LogP contribution >= 0.6 is 0 Å². The van der Waals surface area contributed by atoms with Crippen molar-refractivity contribution in [3.8, 4) is 5.75 Å². The third-order valence-electron chi connectivity index (χ3n) is 4.23. The van der Waals surface area contributed by atoms with Gasteiger partial charge in [-0.2, -0.15) is 0 Å². The van der Waals surface area contributed by atoms with Crippen molar-refractivity contribution in [1.82, 2.24) is 15.2 Å². The number of likely N-dealkylation sites (N-methyl/N-ethyl adjacent to an activating group) is 1. The van der Waals surface area contributed by atoms with Crippen LogP contribution in [-0.2, 0) is 11.3 Å². The maximum absolute atomic E-state index is 12.4. The van der Waals surface area contributed by atoms with Crippen molar-refractivity contribution in [3.63, 3.8) is 0 Å². The number of carbonyl (C=O) groups excluding carboxylic acids is 3. The van der Waals surface area contributed by atoms with Gasteiger partial charge in [-0.25, -0.2) is 4.98 Å². The number of nitrogens with one attached hydrogen (secondary N) is 1. The number of ether oxygens (including phenoxy) is 1. The van der Waals surface area contributed by atoms with E-state index in [1.165, 1.54) is 18.1 Å². The number of nitrogens with zero attached hydrogens (tertiary/aromatic N) is 3. The summed E-state index contributed by atoms with van der Waals surface area (Å²) in [5.41, 5.74) is 1.08. The van der Waals surface area contributed by atoms with Gasteiger partial charge in [-0.3, -0.25) is 19.3 Å². The standard InChI is InChI=1S/C19H22N4O5/c1-12(24)13-4-5-16-15(8-13)23(18(25)11-27-16)9-17-21-14(10-28-17)19(26)20-6-7-22(2)3/h4-5,8,10H,6-7,9,11H2,1-3H3,(H,20,26). The Morgan fingerprint density at radius 2 is 2.11 bits per heavy atom. The highest BCUT2D eigenvalue weighted by atomic mass is 16.5. The molecular formula is C19H22N4O5. The van der Waals surface area contributed by atoms with Gasteiger partial charge in [-0.05, 0) is 39.2 Å². The fourth-order valence-electron chi connectivity index (χ4n) is 2.70. The zero-order valence-electron chi connectivity index (χ0n) is 16.0. The summed E-state index contributed by atoms with van der Waals surface area (Å²) in [4.78, 5) is 43.7. The summed E-state index contributed by atoms with van der Waals surface area (Å²) in [6.07, 6.45) is 1.26. The van der Waals surface area contributed by atoms with E-state index >= 15 is 0 Å². The van der Waals surface area contributed by atoms with Crippen LogP contribution in [0.15, 0.2) is 28.9 Å². The summed E-state index contributed by atoms with van der Waals surface area (Å²) in [6.45, 7) is 2.55. The first-order chi connectivity index (χ1) is 13.3. The Balaban J connectivity index is 1.75. The Kier molecular flexibility index (Phi) is 5.74. The van der Waals surface area contributed by atoms with E-state index in [1.54, 1.807) is 18.2 Å². The van der Waals surface area contributed by atoms with Crippen molar-refractivity contribution < 1.29 is 23.5 Å². The van der Waals surface area contributed by atoms with Gasteiger partial charge in [0.05, 0.1) is 5.69 Å². The molecule has 1 aliphatic heterocycles. The molecule has 0 atom stereocenters. The molecule has 28 heavy (non-hydrogen) atoms. The number of Topliss-reactive ketones (excluding diaryl/α,β-unsaturated/α-hetero) is 1. The lowest BCUT2D eigenvalue weighted by Crippen LogP contribution is -2.38. The van der Waals surface area contributed by atoms with Crippen molar-refractivity contribution in [2.24, 2.45) is 0 Å². The Morgan fingerprint density at radius 1 is 1.32 bits per heavy atom. The number of fused-ring (bicyclic) bond motifs is 1. The SMILES string of the molecule is CC(=O)c1ccc2c(c1)N(Cc1nc(C(=O)NCCN(C)C)co1)C(=O)CO2. The van der Waals surface area contributed by atoms with E-state index in [1.807, 2.05) is 19.0 Å². The Morgan fingerprint density at radius 3 is 2.82 bits per heavy atom. The molecule has 3 rings (SSSR count). The number of rotatable bonds is 7. The Labute approximate surface area is 162 Å². The van der Waals surface area contributed by atoms with Crippen LogP contribution in [0.25, 0.3) is 0 Å². The highest BCUT2D eigenvalue weighted by Crippen LogP contribution is 2.34. The average Bonchev–Trinajstić information content (AvgIpc) is 3.12. The van der Waals surface area contributed by atoms with E-state index in [0.29, 0.717) is 30.1 Å². The lowest BCUT2D eigenvalue weighted by Gasteiger charge is -2.28. The molecule has 2 aromatic rings. The van der Waals surface area contributed by atoms with E-state index < -0.39 is 0 Å². The second-order valence-corrected chi connectivity index (χ2v) is 6.69. The van der Waals surface area contributed by atoms with Gasteiger partial charge < -0.3 is 19.4 Å². The number of hydrogen-bond donors (Lipinski definition) is 1. The maximum Gasteiger partial charge on any atom is 0.273 e. The van der Waals surface area contributed by atoms with Crippen LogP contribution in [-0.4, -0.2) is 61.3 Å². The Bertz CT molecular complexity index is 905. The molecule has 148 valence electrons. The van der Waals surface area contributed by atoms with Crippen molar-refractivity contribution in [1.29, 1.82) is 0 Å². The lowest BCUT2D eigenvalue weighted by atomic mass is 10.1. The first-order valence-electron chi connectivity index (χ1n) is 8.80. The van der Waals surface area contributed by atoms with Gasteiger partial charge in [0.25, 0.3) is 11.8 Å². The molecule has 0 bridgehead atoms. The molecule has 0 saturated heterocycles. The van der Waals surface area contributed by atoms with Crippen LogP contribution in [0.3, 0.4) is 0 Å². The highest BCUT2D eigenvalue weighted by molar-refractivity contribution is 6.01. The summed E-state index contributed by atoms with van der Waals surface area (Å²) in [5.74, 6) is -0.0358. The molecule has 0 aliphatic carbocycles. The van der Waals surface area contributed by atoms with Gasteiger partial charge in [-0.1, -0.05) is 0 Å². The molecule has 1 N–H and O–H groups in total. The molecule has 0 fully saturated rings. The van der Waals surface area contributed by atoms with E-state index in [9.17, 15) is 14.4 Å². The normalized spacial score (nSPS) is 13.3. The highest BCUT2D eigenvalue weighted by Gasteiger charge is 2.28. The first kappa shape index (κ1) is 19.6. The third-order valence-corrected chi connectivity index (χ3v) is 4.23. The van der Waals surface area contributed by atoms with Crippen molar-refractivity contribution in [3.05, 3.63) is 41.6 Å². The molecular weight excluding hydrogens is 364 g/mol. The molecule has 9 heteroatoms. The summed E-state index contributed by atoms with van der Waals surface area (Å²) in [5, 5.41) is 2.75. The van der Waals surface area contributed by atoms with Crippen LogP contribution < -0.4 is 15.0 Å². The molecule has 9 nitrogen and oxygen atoms in total. The molecule has 0 spiro atoms. The van der Waals surface area contributed by atoms with Crippen molar-refractivity contribution in [2.45, 2.75) is 13.5 Å². The molecule has 1 aromatic heterocycles. The van der Waals surface area contributed by atoms with Crippen LogP contribution in [0.1, 0.15) is 33.7 Å². The number of hydrogen-bond acceptors (Lipinski definition) is 7.